The fourth-order valence-electron chi connectivity index (χ4n) is 5.06. The molecule has 5 rings (SSSR count). The molecule has 0 bridgehead atoms. The highest BCUT2D eigenvalue weighted by molar-refractivity contribution is 9.10. The summed E-state index contributed by atoms with van der Waals surface area (Å²) in [7, 11) is 3.15. The zero-order valence-electron chi connectivity index (χ0n) is 23.3. The topological polar surface area (TPSA) is 88.4 Å². The molecule has 0 spiro atoms. The van der Waals surface area contributed by atoms with E-state index in [1.165, 1.54) is 11.3 Å². The molecule has 8 nitrogen and oxygen atoms in total. The molecule has 3 aromatic carbocycles. The molecule has 1 aromatic heterocycles. The van der Waals surface area contributed by atoms with Crippen molar-refractivity contribution < 1.29 is 23.7 Å². The van der Waals surface area contributed by atoms with Crippen molar-refractivity contribution in [2.45, 2.75) is 26.8 Å². The van der Waals surface area contributed by atoms with Crippen LogP contribution in [0, 0.1) is 0 Å². The summed E-state index contributed by atoms with van der Waals surface area (Å²) in [6.07, 6.45) is 1.79. The molecule has 0 aliphatic carbocycles. The van der Waals surface area contributed by atoms with Gasteiger partial charge in [-0.15, -0.1) is 0 Å². The molecule has 0 saturated carbocycles. The quantitative estimate of drug-likeness (QED) is 0.249. The minimum atomic E-state index is -0.810. The van der Waals surface area contributed by atoms with Crippen LogP contribution in [-0.2, 0) is 9.53 Å². The van der Waals surface area contributed by atoms with Crippen LogP contribution in [0.15, 0.2) is 74.1 Å². The van der Waals surface area contributed by atoms with E-state index in [0.29, 0.717) is 54.5 Å². The first kappa shape index (κ1) is 28.6. The molecule has 0 unspecified atom stereocenters. The van der Waals surface area contributed by atoms with E-state index in [0.717, 1.165) is 16.3 Å². The Labute approximate surface area is 249 Å². The number of benzene rings is 3. The highest BCUT2D eigenvalue weighted by Gasteiger charge is 2.36. The minimum Gasteiger partial charge on any atom is -0.496 e. The number of nitrogens with zero attached hydrogens (tertiary/aromatic N) is 2. The Balaban J connectivity index is 1.80. The van der Waals surface area contributed by atoms with Gasteiger partial charge in [-0.2, -0.15) is 0 Å². The average molecular weight is 638 g/mol. The molecule has 41 heavy (non-hydrogen) atoms. The van der Waals surface area contributed by atoms with Crippen LogP contribution >= 0.6 is 27.3 Å². The van der Waals surface area contributed by atoms with Crippen LogP contribution in [0.2, 0.25) is 0 Å². The number of rotatable bonds is 8. The standard InChI is InChI=1S/C31H29BrN2O6S/c1-6-39-28-21(32)14-18(15-23(28)38-5)16-24-29(35)34-27(25(30(36)40-7-2)17(3)33-31(34)41-24)26-20-11-9-8-10-19(20)12-13-22(26)37-4/h8-16,27H,6-7H2,1-5H3/b24-16-/t27-/m0/s1. The molecular formula is C31H29BrN2O6S. The number of aromatic nitrogens is 1. The maximum Gasteiger partial charge on any atom is 0.338 e. The van der Waals surface area contributed by atoms with Gasteiger partial charge in [-0.05, 0) is 77.3 Å². The molecule has 1 atom stereocenters. The predicted octanol–water partition coefficient (Wildman–Crippen LogP) is 5.13. The number of ether oxygens (including phenoxy) is 4. The molecule has 10 heteroatoms. The second-order valence-corrected chi connectivity index (χ2v) is 11.0. The van der Waals surface area contributed by atoms with Gasteiger partial charge in [0.05, 0.1) is 47.7 Å². The smallest absolute Gasteiger partial charge is 0.338 e. The van der Waals surface area contributed by atoms with Gasteiger partial charge in [-0.1, -0.05) is 41.7 Å². The highest BCUT2D eigenvalue weighted by Crippen LogP contribution is 2.40. The summed E-state index contributed by atoms with van der Waals surface area (Å²) in [4.78, 5) is 32.8. The number of halogens is 1. The van der Waals surface area contributed by atoms with Crippen molar-refractivity contribution in [2.75, 3.05) is 27.4 Å². The number of hydrogen-bond donors (Lipinski definition) is 0. The first-order chi connectivity index (χ1) is 19.8. The van der Waals surface area contributed by atoms with Crippen molar-refractivity contribution in [1.82, 2.24) is 4.57 Å². The summed E-state index contributed by atoms with van der Waals surface area (Å²) >= 11 is 4.81. The van der Waals surface area contributed by atoms with Gasteiger partial charge in [0.15, 0.2) is 16.3 Å². The fraction of sp³-hybridized carbons (Fsp3) is 0.258. The van der Waals surface area contributed by atoms with E-state index in [1.54, 1.807) is 38.7 Å². The van der Waals surface area contributed by atoms with Crippen LogP contribution in [0.1, 0.15) is 37.9 Å². The van der Waals surface area contributed by atoms with E-state index >= 15 is 0 Å². The molecule has 0 N–H and O–H groups in total. The Morgan fingerprint density at radius 1 is 1.07 bits per heavy atom. The summed E-state index contributed by atoms with van der Waals surface area (Å²) < 4.78 is 25.2. The number of thiazole rings is 1. The molecule has 1 aliphatic rings. The number of esters is 1. The third-order valence-electron chi connectivity index (χ3n) is 6.78. The molecule has 0 fully saturated rings. The Hall–Kier alpha value is -3.89. The van der Waals surface area contributed by atoms with Crippen molar-refractivity contribution in [2.24, 2.45) is 4.99 Å². The molecular weight excluding hydrogens is 608 g/mol. The number of hydrogen-bond acceptors (Lipinski definition) is 8. The second-order valence-electron chi connectivity index (χ2n) is 9.17. The Kier molecular flexibility index (Phi) is 8.32. The van der Waals surface area contributed by atoms with Crippen molar-refractivity contribution in [3.8, 4) is 17.2 Å². The van der Waals surface area contributed by atoms with Crippen LogP contribution in [0.25, 0.3) is 16.8 Å². The molecule has 0 saturated heterocycles. The van der Waals surface area contributed by atoms with E-state index in [9.17, 15) is 9.59 Å². The van der Waals surface area contributed by atoms with Gasteiger partial charge in [-0.25, -0.2) is 9.79 Å². The van der Waals surface area contributed by atoms with Crippen molar-refractivity contribution in [1.29, 1.82) is 0 Å². The molecule has 0 amide bonds. The number of carbonyl (C=O) groups is 1. The number of allylic oxidation sites excluding steroid dienone is 1. The van der Waals surface area contributed by atoms with Crippen molar-refractivity contribution in [3.05, 3.63) is 95.1 Å². The van der Waals surface area contributed by atoms with Gasteiger partial charge < -0.3 is 18.9 Å². The van der Waals surface area contributed by atoms with E-state index < -0.39 is 12.0 Å². The van der Waals surface area contributed by atoms with Crippen molar-refractivity contribution >= 4 is 50.1 Å². The van der Waals surface area contributed by atoms with Crippen LogP contribution < -0.4 is 29.1 Å². The fourth-order valence-corrected chi connectivity index (χ4v) is 6.68. The van der Waals surface area contributed by atoms with Crippen LogP contribution in [-0.4, -0.2) is 38.0 Å². The summed E-state index contributed by atoms with van der Waals surface area (Å²) in [5.74, 6) is 1.16. The number of carbonyl (C=O) groups excluding carboxylic acids is 1. The lowest BCUT2D eigenvalue weighted by Crippen LogP contribution is -2.40. The maximum absolute atomic E-state index is 14.2. The lowest BCUT2D eigenvalue weighted by molar-refractivity contribution is -0.139. The average Bonchev–Trinajstić information content (AvgIpc) is 3.26. The lowest BCUT2D eigenvalue weighted by atomic mass is 9.90. The SMILES string of the molecule is CCOC(=O)C1=C(C)N=c2s/c(=C\c3cc(Br)c(OCC)c(OC)c3)c(=O)n2[C@@H]1c1c(OC)ccc2ccccc12. The van der Waals surface area contributed by atoms with Gasteiger partial charge >= 0.3 is 5.97 Å². The zero-order chi connectivity index (χ0) is 29.3. The third kappa shape index (κ3) is 5.17. The molecule has 2 heterocycles. The second kappa shape index (κ2) is 11.9. The van der Waals surface area contributed by atoms with Gasteiger partial charge in [0, 0.05) is 5.56 Å². The van der Waals surface area contributed by atoms with E-state index in [4.69, 9.17) is 23.9 Å². The van der Waals surface area contributed by atoms with E-state index in [1.807, 2.05) is 55.5 Å². The largest absolute Gasteiger partial charge is 0.496 e. The summed E-state index contributed by atoms with van der Waals surface area (Å²) in [5, 5.41) is 1.82. The third-order valence-corrected chi connectivity index (χ3v) is 8.35. The summed E-state index contributed by atoms with van der Waals surface area (Å²) in [5.41, 5.74) is 1.93. The first-order valence-electron chi connectivity index (χ1n) is 13.1. The highest BCUT2D eigenvalue weighted by atomic mass is 79.9. The number of fused-ring (bicyclic) bond motifs is 2. The Morgan fingerprint density at radius 3 is 2.54 bits per heavy atom. The van der Waals surface area contributed by atoms with Crippen LogP contribution in [0.5, 0.6) is 17.2 Å². The van der Waals surface area contributed by atoms with Crippen molar-refractivity contribution in [3.63, 3.8) is 0 Å². The lowest BCUT2D eigenvalue weighted by Gasteiger charge is -2.27. The van der Waals surface area contributed by atoms with Gasteiger partial charge in [0.1, 0.15) is 11.8 Å². The molecule has 0 radical (unpaired) electrons. The van der Waals surface area contributed by atoms with Gasteiger partial charge in [0.2, 0.25) is 0 Å². The summed E-state index contributed by atoms with van der Waals surface area (Å²) in [6.45, 7) is 6.08. The number of methoxy groups -OCH3 is 2. The zero-order valence-corrected chi connectivity index (χ0v) is 25.7. The molecule has 4 aromatic rings. The Bertz CT molecular complexity index is 1870. The predicted molar refractivity (Wildman–Crippen MR) is 163 cm³/mol. The summed E-state index contributed by atoms with van der Waals surface area (Å²) in [6, 6.07) is 14.5. The first-order valence-corrected chi connectivity index (χ1v) is 14.7. The normalized spacial score (nSPS) is 15.0. The van der Waals surface area contributed by atoms with Crippen LogP contribution in [0.3, 0.4) is 0 Å². The molecule has 1 aliphatic heterocycles. The van der Waals surface area contributed by atoms with E-state index in [2.05, 4.69) is 15.9 Å². The van der Waals surface area contributed by atoms with Gasteiger partial charge in [-0.3, -0.25) is 9.36 Å². The molecule has 212 valence electrons. The maximum atomic E-state index is 14.2. The van der Waals surface area contributed by atoms with Crippen LogP contribution in [0.4, 0.5) is 0 Å². The minimum absolute atomic E-state index is 0.188. The van der Waals surface area contributed by atoms with Gasteiger partial charge in [0.25, 0.3) is 5.56 Å². The monoisotopic (exact) mass is 636 g/mol. The van der Waals surface area contributed by atoms with E-state index in [-0.39, 0.29) is 12.2 Å². The Morgan fingerprint density at radius 2 is 1.83 bits per heavy atom.